The second-order valence-electron chi connectivity index (χ2n) is 6.02. The van der Waals surface area contributed by atoms with Gasteiger partial charge >= 0.3 is 0 Å². The third kappa shape index (κ3) is 3.76. The first kappa shape index (κ1) is 16.9. The molecular formula is C20H22N4O. The lowest BCUT2D eigenvalue weighted by Gasteiger charge is -2.07. The molecule has 0 bridgehead atoms. The molecule has 128 valence electrons. The van der Waals surface area contributed by atoms with Crippen LogP contribution in [0.1, 0.15) is 30.8 Å². The lowest BCUT2D eigenvalue weighted by molar-refractivity contribution is -0.121. The van der Waals surface area contributed by atoms with E-state index < -0.39 is 0 Å². The number of para-hydroxylation sites is 2. The Kier molecular flexibility index (Phi) is 4.93. The van der Waals surface area contributed by atoms with Crippen molar-refractivity contribution in [1.29, 1.82) is 0 Å². The summed E-state index contributed by atoms with van der Waals surface area (Å²) in [5.74, 6) is 0.642. The largest absolute Gasteiger partial charge is 0.319 e. The molecule has 0 fully saturated rings. The van der Waals surface area contributed by atoms with Crippen LogP contribution in [-0.2, 0) is 17.8 Å². The molecule has 0 radical (unpaired) electrons. The van der Waals surface area contributed by atoms with Crippen LogP contribution in [0.15, 0.2) is 53.6 Å². The molecule has 1 heterocycles. The Balaban J connectivity index is 1.70. The highest BCUT2D eigenvalue weighted by Gasteiger charge is 2.10. The highest BCUT2D eigenvalue weighted by molar-refractivity contribution is 5.99. The van der Waals surface area contributed by atoms with Crippen LogP contribution >= 0.6 is 0 Å². The number of benzene rings is 2. The fraction of sp³-hybridized carbons (Fsp3) is 0.250. The maximum atomic E-state index is 12.3. The Morgan fingerprint density at radius 1 is 1.16 bits per heavy atom. The third-order valence-corrected chi connectivity index (χ3v) is 4.28. The molecule has 2 aromatic carbocycles. The van der Waals surface area contributed by atoms with Crippen molar-refractivity contribution < 1.29 is 4.79 Å². The zero-order chi connectivity index (χ0) is 17.8. The van der Waals surface area contributed by atoms with Crippen molar-refractivity contribution in [2.24, 2.45) is 5.10 Å². The quantitative estimate of drug-likeness (QED) is 0.574. The molecule has 3 aromatic rings. The number of hydrazone groups is 1. The van der Waals surface area contributed by atoms with Crippen molar-refractivity contribution in [2.45, 2.75) is 33.7 Å². The first-order valence-corrected chi connectivity index (χ1v) is 8.42. The number of nitrogens with one attached hydrogen (secondary N) is 1. The van der Waals surface area contributed by atoms with Gasteiger partial charge in [-0.2, -0.15) is 5.10 Å². The normalized spacial score (nSPS) is 11.7. The van der Waals surface area contributed by atoms with Crippen LogP contribution in [0.5, 0.6) is 0 Å². The van der Waals surface area contributed by atoms with Crippen LogP contribution in [-0.4, -0.2) is 21.2 Å². The SMILES string of the molecule is CCc1ccc(/C(C)=N\NC(=O)Cn2c(C)nc3ccccc32)cc1. The van der Waals surface area contributed by atoms with E-state index in [0.717, 1.165) is 34.6 Å². The topological polar surface area (TPSA) is 59.3 Å². The average Bonchev–Trinajstić information content (AvgIpc) is 2.95. The number of rotatable bonds is 5. The number of aromatic nitrogens is 2. The maximum absolute atomic E-state index is 12.3. The van der Waals surface area contributed by atoms with Gasteiger partial charge in [0.1, 0.15) is 12.4 Å². The Morgan fingerprint density at radius 2 is 1.88 bits per heavy atom. The summed E-state index contributed by atoms with van der Waals surface area (Å²) in [4.78, 5) is 16.7. The molecule has 5 nitrogen and oxygen atoms in total. The zero-order valence-electron chi connectivity index (χ0n) is 14.8. The summed E-state index contributed by atoms with van der Waals surface area (Å²) < 4.78 is 1.89. The van der Waals surface area contributed by atoms with Crippen molar-refractivity contribution in [1.82, 2.24) is 15.0 Å². The molecule has 3 rings (SSSR count). The van der Waals surface area contributed by atoms with E-state index in [4.69, 9.17) is 0 Å². The van der Waals surface area contributed by atoms with Gasteiger partial charge in [-0.3, -0.25) is 4.79 Å². The van der Waals surface area contributed by atoms with E-state index in [2.05, 4.69) is 34.6 Å². The van der Waals surface area contributed by atoms with Crippen molar-refractivity contribution in [3.8, 4) is 0 Å². The van der Waals surface area contributed by atoms with Gasteiger partial charge in [0, 0.05) is 0 Å². The van der Waals surface area contributed by atoms with Crippen LogP contribution in [0.2, 0.25) is 0 Å². The maximum Gasteiger partial charge on any atom is 0.260 e. The van der Waals surface area contributed by atoms with Gasteiger partial charge in [0.05, 0.1) is 16.7 Å². The van der Waals surface area contributed by atoms with Gasteiger partial charge in [0.2, 0.25) is 0 Å². The van der Waals surface area contributed by atoms with E-state index in [0.29, 0.717) is 0 Å². The van der Waals surface area contributed by atoms with Crippen molar-refractivity contribution >= 4 is 22.7 Å². The summed E-state index contributed by atoms with van der Waals surface area (Å²) in [6.45, 7) is 6.10. The molecule has 0 spiro atoms. The van der Waals surface area contributed by atoms with Crippen LogP contribution in [0, 0.1) is 6.92 Å². The molecule has 0 aliphatic rings. The Hall–Kier alpha value is -2.95. The number of hydrogen-bond donors (Lipinski definition) is 1. The smallest absolute Gasteiger partial charge is 0.260 e. The third-order valence-electron chi connectivity index (χ3n) is 4.28. The fourth-order valence-corrected chi connectivity index (χ4v) is 2.77. The minimum atomic E-state index is -0.171. The van der Waals surface area contributed by atoms with Crippen molar-refractivity contribution in [3.05, 3.63) is 65.5 Å². The molecule has 0 saturated heterocycles. The Morgan fingerprint density at radius 3 is 2.60 bits per heavy atom. The lowest BCUT2D eigenvalue weighted by Crippen LogP contribution is -2.24. The molecule has 5 heteroatoms. The van der Waals surface area contributed by atoms with E-state index in [1.807, 2.05) is 54.8 Å². The Labute approximate surface area is 147 Å². The van der Waals surface area contributed by atoms with Crippen LogP contribution in [0.25, 0.3) is 11.0 Å². The summed E-state index contributed by atoms with van der Waals surface area (Å²) >= 11 is 0. The van der Waals surface area contributed by atoms with E-state index in [-0.39, 0.29) is 12.5 Å². The summed E-state index contributed by atoms with van der Waals surface area (Å²) in [6, 6.07) is 16.0. The highest BCUT2D eigenvalue weighted by atomic mass is 16.2. The van der Waals surface area contributed by atoms with Crippen LogP contribution < -0.4 is 5.43 Å². The van der Waals surface area contributed by atoms with Gasteiger partial charge in [0.15, 0.2) is 0 Å². The van der Waals surface area contributed by atoms with Crippen LogP contribution in [0.4, 0.5) is 0 Å². The molecule has 1 N–H and O–H groups in total. The Bertz CT molecular complexity index is 923. The number of carbonyl (C=O) groups excluding carboxylic acids is 1. The molecule has 1 aromatic heterocycles. The number of nitrogens with zero attached hydrogens (tertiary/aromatic N) is 3. The standard InChI is InChI=1S/C20H22N4O/c1-4-16-9-11-17(12-10-16)14(2)22-23-20(25)13-24-15(3)21-18-7-5-6-8-19(18)24/h5-12H,4,13H2,1-3H3,(H,23,25)/b22-14-. The average molecular weight is 334 g/mol. The van der Waals surface area contributed by atoms with Gasteiger partial charge in [-0.1, -0.05) is 43.3 Å². The van der Waals surface area contributed by atoms with E-state index >= 15 is 0 Å². The second kappa shape index (κ2) is 7.30. The molecule has 1 amide bonds. The summed E-state index contributed by atoms with van der Waals surface area (Å²) in [5.41, 5.74) is 7.55. The second-order valence-corrected chi connectivity index (χ2v) is 6.02. The predicted octanol–water partition coefficient (Wildman–Crippen LogP) is 3.45. The van der Waals surface area contributed by atoms with E-state index in [9.17, 15) is 4.79 Å². The molecule has 0 unspecified atom stereocenters. The lowest BCUT2D eigenvalue weighted by atomic mass is 10.1. The predicted molar refractivity (Wildman–Crippen MR) is 101 cm³/mol. The molecule has 25 heavy (non-hydrogen) atoms. The van der Waals surface area contributed by atoms with Crippen LogP contribution in [0.3, 0.4) is 0 Å². The number of aryl methyl sites for hydroxylation is 2. The van der Waals surface area contributed by atoms with Gasteiger partial charge < -0.3 is 4.57 Å². The highest BCUT2D eigenvalue weighted by Crippen LogP contribution is 2.15. The monoisotopic (exact) mass is 334 g/mol. The molecular weight excluding hydrogens is 312 g/mol. The van der Waals surface area contributed by atoms with Gasteiger partial charge in [-0.15, -0.1) is 0 Å². The summed E-state index contributed by atoms with van der Waals surface area (Å²) in [5, 5.41) is 4.22. The zero-order valence-corrected chi connectivity index (χ0v) is 14.8. The summed E-state index contributed by atoms with van der Waals surface area (Å²) in [6.07, 6.45) is 1.01. The number of carbonyl (C=O) groups is 1. The molecule has 0 aliphatic heterocycles. The first-order valence-electron chi connectivity index (χ1n) is 8.42. The van der Waals surface area contributed by atoms with Crippen molar-refractivity contribution in [3.63, 3.8) is 0 Å². The van der Waals surface area contributed by atoms with E-state index in [1.54, 1.807) is 0 Å². The van der Waals surface area contributed by atoms with E-state index in [1.165, 1.54) is 5.56 Å². The van der Waals surface area contributed by atoms with Crippen molar-refractivity contribution in [2.75, 3.05) is 0 Å². The fourth-order valence-electron chi connectivity index (χ4n) is 2.77. The van der Waals surface area contributed by atoms with Gasteiger partial charge in [-0.05, 0) is 43.5 Å². The first-order chi connectivity index (χ1) is 12.1. The minimum Gasteiger partial charge on any atom is -0.319 e. The number of amides is 1. The van der Waals surface area contributed by atoms with Gasteiger partial charge in [0.25, 0.3) is 5.91 Å². The molecule has 0 atom stereocenters. The molecule has 0 aliphatic carbocycles. The van der Waals surface area contributed by atoms with Gasteiger partial charge in [-0.25, -0.2) is 10.4 Å². The number of imidazole rings is 1. The number of fused-ring (bicyclic) bond motifs is 1. The number of hydrogen-bond acceptors (Lipinski definition) is 3. The minimum absolute atomic E-state index is 0.171. The molecule has 0 saturated carbocycles. The summed E-state index contributed by atoms with van der Waals surface area (Å²) in [7, 11) is 0.